The molecule has 0 unspecified atom stereocenters. The highest BCUT2D eigenvalue weighted by molar-refractivity contribution is 5.93. The highest BCUT2D eigenvalue weighted by Gasteiger charge is 2.28. The fourth-order valence-corrected chi connectivity index (χ4v) is 3.68. The molecule has 1 aliphatic heterocycles. The van der Waals surface area contributed by atoms with Crippen LogP contribution in [0.2, 0.25) is 0 Å². The Balaban J connectivity index is 1.55. The van der Waals surface area contributed by atoms with Crippen LogP contribution in [0, 0.1) is 6.92 Å². The van der Waals surface area contributed by atoms with E-state index in [0.29, 0.717) is 11.7 Å². The standard InChI is InChI=1S/C20H25N5O2/c1-13(18-12-15-6-4-5-7-17(15)27-18)24(3)20(26)19-14(2)25(23-22-19)16-8-10-21-11-9-16/h4-7,12-13,16,21H,8-11H2,1-3H3/t13-/m1/s1. The zero-order valence-electron chi connectivity index (χ0n) is 16.0. The molecule has 2 aromatic heterocycles. The zero-order valence-corrected chi connectivity index (χ0v) is 16.0. The van der Waals surface area contributed by atoms with Gasteiger partial charge in [0.25, 0.3) is 5.91 Å². The number of fused-ring (bicyclic) bond motifs is 1. The monoisotopic (exact) mass is 367 g/mol. The van der Waals surface area contributed by atoms with Crippen LogP contribution in [0.15, 0.2) is 34.7 Å². The highest BCUT2D eigenvalue weighted by Crippen LogP contribution is 2.28. The maximum absolute atomic E-state index is 13.0. The molecule has 1 amide bonds. The van der Waals surface area contributed by atoms with Gasteiger partial charge in [-0.1, -0.05) is 23.4 Å². The van der Waals surface area contributed by atoms with Gasteiger partial charge in [0.05, 0.1) is 17.8 Å². The Labute approximate surface area is 158 Å². The average molecular weight is 367 g/mol. The summed E-state index contributed by atoms with van der Waals surface area (Å²) in [4.78, 5) is 14.7. The molecule has 0 spiro atoms. The van der Waals surface area contributed by atoms with Crippen molar-refractivity contribution in [2.24, 2.45) is 0 Å². The topological polar surface area (TPSA) is 76.2 Å². The molecule has 1 saturated heterocycles. The molecule has 1 fully saturated rings. The van der Waals surface area contributed by atoms with Crippen molar-refractivity contribution >= 4 is 16.9 Å². The molecular formula is C20H25N5O2. The molecule has 0 aliphatic carbocycles. The Hall–Kier alpha value is -2.67. The second kappa shape index (κ2) is 7.15. The maximum Gasteiger partial charge on any atom is 0.276 e. The van der Waals surface area contributed by atoms with Crippen LogP contribution in [-0.2, 0) is 0 Å². The van der Waals surface area contributed by atoms with Crippen LogP contribution in [0.4, 0.5) is 0 Å². The largest absolute Gasteiger partial charge is 0.459 e. The van der Waals surface area contributed by atoms with Gasteiger partial charge >= 0.3 is 0 Å². The third-order valence-corrected chi connectivity index (χ3v) is 5.54. The first-order valence-corrected chi connectivity index (χ1v) is 9.44. The predicted octanol–water partition coefficient (Wildman–Crippen LogP) is 3.09. The average Bonchev–Trinajstić information content (AvgIpc) is 3.30. The van der Waals surface area contributed by atoms with Gasteiger partial charge in [-0.25, -0.2) is 4.68 Å². The van der Waals surface area contributed by atoms with Crippen LogP contribution in [0.5, 0.6) is 0 Å². The van der Waals surface area contributed by atoms with Gasteiger partial charge in [0.2, 0.25) is 0 Å². The van der Waals surface area contributed by atoms with Gasteiger partial charge in [0.15, 0.2) is 5.69 Å². The number of piperidine rings is 1. The van der Waals surface area contributed by atoms with Crippen molar-refractivity contribution in [2.75, 3.05) is 20.1 Å². The molecule has 4 rings (SSSR count). The number of nitrogens with zero attached hydrogens (tertiary/aromatic N) is 4. The van der Waals surface area contributed by atoms with Gasteiger partial charge < -0.3 is 14.6 Å². The molecule has 1 N–H and O–H groups in total. The number of furan rings is 1. The number of nitrogens with one attached hydrogen (secondary N) is 1. The van der Waals surface area contributed by atoms with Crippen LogP contribution >= 0.6 is 0 Å². The Morgan fingerprint density at radius 1 is 1.33 bits per heavy atom. The summed E-state index contributed by atoms with van der Waals surface area (Å²) in [5.41, 5.74) is 2.07. The summed E-state index contributed by atoms with van der Waals surface area (Å²) < 4.78 is 7.84. The van der Waals surface area contributed by atoms with E-state index in [0.717, 1.165) is 48.4 Å². The Morgan fingerprint density at radius 2 is 2.07 bits per heavy atom. The Kier molecular flexibility index (Phi) is 4.70. The second-order valence-electron chi connectivity index (χ2n) is 7.23. The van der Waals surface area contributed by atoms with Crippen LogP contribution < -0.4 is 5.32 Å². The molecule has 1 aliphatic rings. The fraction of sp³-hybridized carbons (Fsp3) is 0.450. The lowest BCUT2D eigenvalue weighted by Crippen LogP contribution is -2.31. The van der Waals surface area contributed by atoms with E-state index < -0.39 is 0 Å². The lowest BCUT2D eigenvalue weighted by molar-refractivity contribution is 0.0720. The normalized spacial score (nSPS) is 16.6. The fourth-order valence-electron chi connectivity index (χ4n) is 3.68. The van der Waals surface area contributed by atoms with Crippen molar-refractivity contribution < 1.29 is 9.21 Å². The van der Waals surface area contributed by atoms with Crippen molar-refractivity contribution in [1.82, 2.24) is 25.2 Å². The number of hydrogen-bond acceptors (Lipinski definition) is 5. The first-order valence-electron chi connectivity index (χ1n) is 9.44. The maximum atomic E-state index is 13.0. The first kappa shape index (κ1) is 17.7. The quantitative estimate of drug-likeness (QED) is 0.767. The number of carbonyl (C=O) groups excluding carboxylic acids is 1. The second-order valence-corrected chi connectivity index (χ2v) is 7.23. The molecule has 3 aromatic rings. The number of rotatable bonds is 4. The van der Waals surface area contributed by atoms with Crippen LogP contribution in [0.25, 0.3) is 11.0 Å². The zero-order chi connectivity index (χ0) is 19.0. The summed E-state index contributed by atoms with van der Waals surface area (Å²) in [6.45, 7) is 5.82. The van der Waals surface area contributed by atoms with E-state index in [9.17, 15) is 4.79 Å². The number of aromatic nitrogens is 3. The van der Waals surface area contributed by atoms with E-state index in [1.165, 1.54) is 0 Å². The van der Waals surface area contributed by atoms with Crippen molar-refractivity contribution in [1.29, 1.82) is 0 Å². The van der Waals surface area contributed by atoms with Crippen molar-refractivity contribution in [3.8, 4) is 0 Å². The van der Waals surface area contributed by atoms with Crippen molar-refractivity contribution in [2.45, 2.75) is 38.8 Å². The van der Waals surface area contributed by atoms with E-state index in [1.54, 1.807) is 11.9 Å². The molecule has 0 saturated carbocycles. The summed E-state index contributed by atoms with van der Waals surface area (Å²) in [7, 11) is 1.78. The number of benzene rings is 1. The predicted molar refractivity (Wildman–Crippen MR) is 103 cm³/mol. The molecule has 27 heavy (non-hydrogen) atoms. The summed E-state index contributed by atoms with van der Waals surface area (Å²) in [6.07, 6.45) is 2.01. The molecule has 1 atom stereocenters. The number of carbonyl (C=O) groups is 1. The summed E-state index contributed by atoms with van der Waals surface area (Å²) in [6, 6.07) is 9.95. The Bertz CT molecular complexity index is 921. The van der Waals surface area contributed by atoms with E-state index in [4.69, 9.17) is 4.42 Å². The SMILES string of the molecule is Cc1c(C(=O)N(C)[C@H](C)c2cc3ccccc3o2)nnn1C1CCNCC1. The van der Waals surface area contributed by atoms with Gasteiger partial charge in [-0.15, -0.1) is 5.10 Å². The highest BCUT2D eigenvalue weighted by atomic mass is 16.3. The number of para-hydroxylation sites is 1. The van der Waals surface area contributed by atoms with Crippen molar-refractivity contribution in [3.63, 3.8) is 0 Å². The van der Waals surface area contributed by atoms with E-state index >= 15 is 0 Å². The van der Waals surface area contributed by atoms with Crippen LogP contribution in [-0.4, -0.2) is 45.9 Å². The molecule has 7 nitrogen and oxygen atoms in total. The Morgan fingerprint density at radius 3 is 2.81 bits per heavy atom. The summed E-state index contributed by atoms with van der Waals surface area (Å²) >= 11 is 0. The van der Waals surface area contributed by atoms with Gasteiger partial charge in [-0.3, -0.25) is 4.79 Å². The molecule has 1 aromatic carbocycles. The lowest BCUT2D eigenvalue weighted by atomic mass is 10.1. The third-order valence-electron chi connectivity index (χ3n) is 5.54. The molecule has 7 heteroatoms. The smallest absolute Gasteiger partial charge is 0.276 e. The van der Waals surface area contributed by atoms with Gasteiger partial charge in [0, 0.05) is 12.4 Å². The minimum Gasteiger partial charge on any atom is -0.459 e. The molecule has 142 valence electrons. The molecule has 0 bridgehead atoms. The third kappa shape index (κ3) is 3.23. The van der Waals surface area contributed by atoms with E-state index in [-0.39, 0.29) is 11.9 Å². The van der Waals surface area contributed by atoms with E-state index in [2.05, 4.69) is 15.6 Å². The summed E-state index contributed by atoms with van der Waals surface area (Å²) in [5.74, 6) is 0.621. The van der Waals surface area contributed by atoms with Crippen LogP contribution in [0.1, 0.15) is 53.8 Å². The minimum atomic E-state index is -0.201. The summed E-state index contributed by atoms with van der Waals surface area (Å²) in [5, 5.41) is 12.9. The van der Waals surface area contributed by atoms with E-state index in [1.807, 2.05) is 48.9 Å². The lowest BCUT2D eigenvalue weighted by Gasteiger charge is -2.24. The molecule has 3 heterocycles. The molecular weight excluding hydrogens is 342 g/mol. The first-order chi connectivity index (χ1) is 13.1. The number of hydrogen-bond donors (Lipinski definition) is 1. The van der Waals surface area contributed by atoms with Crippen LogP contribution in [0.3, 0.4) is 0 Å². The molecule has 0 radical (unpaired) electrons. The minimum absolute atomic E-state index is 0.138. The van der Waals surface area contributed by atoms with Gasteiger partial charge in [-0.2, -0.15) is 0 Å². The van der Waals surface area contributed by atoms with Gasteiger partial charge in [0.1, 0.15) is 11.3 Å². The van der Waals surface area contributed by atoms with Crippen molar-refractivity contribution in [3.05, 3.63) is 47.5 Å². The number of amides is 1. The van der Waals surface area contributed by atoms with Gasteiger partial charge in [-0.05, 0) is 51.9 Å².